The quantitative estimate of drug-likeness (QED) is 0.464. The van der Waals surface area contributed by atoms with E-state index in [0.717, 1.165) is 4.90 Å². The number of anilines is 3. The van der Waals surface area contributed by atoms with Crippen LogP contribution in [0.1, 0.15) is 33.6 Å². The maximum Gasteiger partial charge on any atom is 0.264 e. The molecule has 0 radical (unpaired) electrons. The molecule has 3 aliphatic rings. The van der Waals surface area contributed by atoms with Gasteiger partial charge in [-0.25, -0.2) is 4.98 Å². The summed E-state index contributed by atoms with van der Waals surface area (Å²) < 4.78 is 10.9. The Morgan fingerprint density at radius 3 is 2.58 bits per heavy atom. The van der Waals surface area contributed by atoms with Gasteiger partial charge in [0.25, 0.3) is 17.7 Å². The van der Waals surface area contributed by atoms with E-state index in [2.05, 4.69) is 15.6 Å². The van der Waals surface area contributed by atoms with Gasteiger partial charge in [0.15, 0.2) is 6.61 Å². The lowest BCUT2D eigenvalue weighted by Gasteiger charge is -2.28. The first-order valence-electron chi connectivity index (χ1n) is 12.5. The molecule has 1 fully saturated rings. The standard InChI is InChI=1S/C28H23N5O7/c1-32-20-11-18(16(10-21(20)40-13-24(32)35)14-6-9-23(39-2)29-12-14)30-17-5-3-4-15-25(17)28(38)33(27(15)37)19-7-8-22(34)31-26(19)36/h3-6,9-12,19,30H,7-8,13H2,1-2H3,(H,31,34,36)/t19-/m0/s1. The summed E-state index contributed by atoms with van der Waals surface area (Å²) in [6, 6.07) is 10.7. The molecule has 3 aromatic rings. The number of rotatable bonds is 5. The number of pyridine rings is 1. The molecule has 1 saturated heterocycles. The van der Waals surface area contributed by atoms with Crippen molar-refractivity contribution in [1.29, 1.82) is 0 Å². The number of methoxy groups -OCH3 is 1. The lowest BCUT2D eigenvalue weighted by molar-refractivity contribution is -0.136. The van der Waals surface area contributed by atoms with E-state index in [1.54, 1.807) is 43.6 Å². The van der Waals surface area contributed by atoms with Crippen LogP contribution in [0.4, 0.5) is 17.1 Å². The van der Waals surface area contributed by atoms with Crippen molar-refractivity contribution in [2.24, 2.45) is 0 Å². The highest BCUT2D eigenvalue weighted by atomic mass is 16.5. The molecule has 0 unspecified atom stereocenters. The SMILES string of the molecule is COc1ccc(-c2cc3c(cc2Nc2cccc4c2C(=O)N([C@H]2CCC(=O)NC2=O)C4=O)N(C)C(=O)CO3)cn1. The maximum absolute atomic E-state index is 13.6. The fraction of sp³-hybridized carbons (Fsp3) is 0.214. The van der Waals surface area contributed by atoms with Crippen LogP contribution >= 0.6 is 0 Å². The highest BCUT2D eigenvalue weighted by molar-refractivity contribution is 6.25. The molecule has 1 atom stereocenters. The van der Waals surface area contributed by atoms with Gasteiger partial charge in [-0.3, -0.25) is 34.2 Å². The Morgan fingerprint density at radius 1 is 1.02 bits per heavy atom. The molecule has 1 aromatic heterocycles. The Balaban J connectivity index is 1.43. The van der Waals surface area contributed by atoms with E-state index in [1.807, 2.05) is 6.07 Å². The third kappa shape index (κ3) is 4.01. The van der Waals surface area contributed by atoms with Gasteiger partial charge in [0.2, 0.25) is 17.7 Å². The van der Waals surface area contributed by atoms with Crippen LogP contribution in [0.5, 0.6) is 11.6 Å². The van der Waals surface area contributed by atoms with Crippen molar-refractivity contribution in [3.05, 3.63) is 59.8 Å². The first-order chi connectivity index (χ1) is 19.3. The smallest absolute Gasteiger partial charge is 0.264 e. The molecule has 6 rings (SSSR count). The van der Waals surface area contributed by atoms with Gasteiger partial charge in [0.1, 0.15) is 11.8 Å². The molecule has 12 heteroatoms. The molecule has 40 heavy (non-hydrogen) atoms. The minimum atomic E-state index is -1.08. The van der Waals surface area contributed by atoms with Gasteiger partial charge in [0.05, 0.1) is 29.6 Å². The number of hydrogen-bond donors (Lipinski definition) is 2. The number of fused-ring (bicyclic) bond motifs is 2. The van der Waals surface area contributed by atoms with Crippen molar-refractivity contribution in [2.45, 2.75) is 18.9 Å². The first kappa shape index (κ1) is 25.0. The van der Waals surface area contributed by atoms with E-state index in [1.165, 1.54) is 18.1 Å². The average molecular weight is 542 g/mol. The summed E-state index contributed by atoms with van der Waals surface area (Å²) in [4.78, 5) is 70.0. The third-order valence-corrected chi connectivity index (χ3v) is 7.18. The lowest BCUT2D eigenvalue weighted by Crippen LogP contribution is -2.54. The summed E-state index contributed by atoms with van der Waals surface area (Å²) >= 11 is 0. The molecule has 5 amide bonds. The number of hydrogen-bond acceptors (Lipinski definition) is 9. The minimum absolute atomic E-state index is 0.0254. The van der Waals surface area contributed by atoms with E-state index in [-0.39, 0.29) is 36.5 Å². The predicted molar refractivity (Wildman–Crippen MR) is 142 cm³/mol. The fourth-order valence-corrected chi connectivity index (χ4v) is 5.08. The summed E-state index contributed by atoms with van der Waals surface area (Å²) in [7, 11) is 3.16. The van der Waals surface area contributed by atoms with E-state index in [9.17, 15) is 24.0 Å². The molecule has 2 aromatic carbocycles. The topological polar surface area (TPSA) is 147 Å². The van der Waals surface area contributed by atoms with Gasteiger partial charge >= 0.3 is 0 Å². The van der Waals surface area contributed by atoms with Crippen molar-refractivity contribution >= 4 is 46.6 Å². The van der Waals surface area contributed by atoms with Crippen molar-refractivity contribution < 1.29 is 33.4 Å². The van der Waals surface area contributed by atoms with E-state index in [0.29, 0.717) is 39.8 Å². The van der Waals surface area contributed by atoms with Crippen LogP contribution in [0, 0.1) is 0 Å². The number of amides is 5. The first-order valence-corrected chi connectivity index (χ1v) is 12.5. The van der Waals surface area contributed by atoms with Crippen molar-refractivity contribution in [1.82, 2.24) is 15.2 Å². The number of aromatic nitrogens is 1. The zero-order valence-electron chi connectivity index (χ0n) is 21.5. The van der Waals surface area contributed by atoms with Crippen LogP contribution in [-0.4, -0.2) is 66.2 Å². The lowest BCUT2D eigenvalue weighted by atomic mass is 10.0. The van der Waals surface area contributed by atoms with E-state index < -0.39 is 29.7 Å². The van der Waals surface area contributed by atoms with Crippen molar-refractivity contribution in [2.75, 3.05) is 31.0 Å². The molecule has 2 N–H and O–H groups in total. The van der Waals surface area contributed by atoms with Crippen molar-refractivity contribution in [3.8, 4) is 22.8 Å². The monoisotopic (exact) mass is 541 g/mol. The van der Waals surface area contributed by atoms with Gasteiger partial charge in [-0.2, -0.15) is 0 Å². The number of nitrogens with zero attached hydrogens (tertiary/aromatic N) is 3. The number of benzene rings is 2. The summed E-state index contributed by atoms with van der Waals surface area (Å²) in [5, 5.41) is 5.47. The van der Waals surface area contributed by atoms with Crippen molar-refractivity contribution in [3.63, 3.8) is 0 Å². The van der Waals surface area contributed by atoms with Gasteiger partial charge in [-0.1, -0.05) is 6.07 Å². The highest BCUT2D eigenvalue weighted by Crippen LogP contribution is 2.43. The van der Waals surface area contributed by atoms with Gasteiger partial charge in [0, 0.05) is 42.5 Å². The number of likely N-dealkylation sites (N-methyl/N-ethyl adjacent to an activating group) is 1. The summed E-state index contributed by atoms with van der Waals surface area (Å²) in [6.45, 7) is -0.102. The summed E-state index contributed by atoms with van der Waals surface area (Å²) in [6.07, 6.45) is 1.70. The van der Waals surface area contributed by atoms with Crippen LogP contribution in [-0.2, 0) is 14.4 Å². The molecule has 0 saturated carbocycles. The number of carbonyl (C=O) groups excluding carboxylic acids is 5. The van der Waals surface area contributed by atoms with Crippen LogP contribution < -0.4 is 25.0 Å². The molecule has 0 aliphatic carbocycles. The number of nitrogens with one attached hydrogen (secondary N) is 2. The number of carbonyl (C=O) groups is 5. The Morgan fingerprint density at radius 2 is 1.85 bits per heavy atom. The van der Waals surface area contributed by atoms with Gasteiger partial charge < -0.3 is 19.7 Å². The average Bonchev–Trinajstić information content (AvgIpc) is 3.21. The highest BCUT2D eigenvalue weighted by Gasteiger charge is 2.45. The second-order valence-electron chi connectivity index (χ2n) is 9.50. The molecule has 0 bridgehead atoms. The summed E-state index contributed by atoms with van der Waals surface area (Å²) in [5.41, 5.74) is 2.98. The van der Waals surface area contributed by atoms with Crippen LogP contribution in [0.15, 0.2) is 48.7 Å². The molecule has 12 nitrogen and oxygen atoms in total. The Bertz CT molecular complexity index is 1620. The van der Waals surface area contributed by atoms with Gasteiger partial charge in [-0.05, 0) is 36.8 Å². The van der Waals surface area contributed by atoms with Gasteiger partial charge in [-0.15, -0.1) is 0 Å². The molecule has 202 valence electrons. The zero-order chi connectivity index (χ0) is 28.1. The van der Waals surface area contributed by atoms with E-state index in [4.69, 9.17) is 9.47 Å². The molecule has 0 spiro atoms. The second-order valence-corrected chi connectivity index (χ2v) is 9.50. The van der Waals surface area contributed by atoms with Crippen LogP contribution in [0.25, 0.3) is 11.1 Å². The number of ether oxygens (including phenoxy) is 2. The zero-order valence-corrected chi connectivity index (χ0v) is 21.5. The predicted octanol–water partition coefficient (Wildman–Crippen LogP) is 2.26. The Labute approximate surface area is 227 Å². The fourth-order valence-electron chi connectivity index (χ4n) is 5.08. The summed E-state index contributed by atoms with van der Waals surface area (Å²) in [5.74, 6) is -1.68. The normalized spacial score (nSPS) is 18.2. The molecule has 4 heterocycles. The number of imide groups is 2. The molecular formula is C28H23N5O7. The minimum Gasteiger partial charge on any atom is -0.482 e. The van der Waals surface area contributed by atoms with Crippen LogP contribution in [0.3, 0.4) is 0 Å². The number of piperidine rings is 1. The Kier molecular flexibility index (Phi) is 5.94. The molecular weight excluding hydrogens is 518 g/mol. The van der Waals surface area contributed by atoms with E-state index >= 15 is 0 Å². The maximum atomic E-state index is 13.6. The largest absolute Gasteiger partial charge is 0.482 e. The Hall–Kier alpha value is -5.26. The molecule has 3 aliphatic heterocycles. The van der Waals surface area contributed by atoms with Crippen LogP contribution in [0.2, 0.25) is 0 Å². The third-order valence-electron chi connectivity index (χ3n) is 7.18. The second kappa shape index (κ2) is 9.49.